The van der Waals surface area contributed by atoms with Gasteiger partial charge in [-0.1, -0.05) is 59.1 Å². The largest absolute Gasteiger partial charge is 0.0998 e. The summed E-state index contributed by atoms with van der Waals surface area (Å²) in [6.45, 7) is 16.8. The van der Waals surface area contributed by atoms with Gasteiger partial charge in [-0.05, 0) is 98.7 Å². The van der Waals surface area contributed by atoms with Crippen LogP contribution in [-0.2, 0) is 0 Å². The van der Waals surface area contributed by atoms with Crippen LogP contribution in [0.3, 0.4) is 0 Å². The van der Waals surface area contributed by atoms with Crippen LogP contribution in [-0.4, -0.2) is 0 Å². The highest BCUT2D eigenvalue weighted by Crippen LogP contribution is 2.68. The molecule has 0 bridgehead atoms. The van der Waals surface area contributed by atoms with E-state index in [0.717, 1.165) is 29.6 Å². The van der Waals surface area contributed by atoms with Crippen molar-refractivity contribution in [3.63, 3.8) is 0 Å². The van der Waals surface area contributed by atoms with Crippen LogP contribution in [0.5, 0.6) is 0 Å². The molecule has 0 heterocycles. The Bertz CT molecular complexity index is 476. The zero-order valence-electron chi connectivity index (χ0n) is 17.9. The smallest absolute Gasteiger partial charge is 0.0149 e. The summed E-state index contributed by atoms with van der Waals surface area (Å²) in [6.07, 6.45) is 16.0. The summed E-state index contributed by atoms with van der Waals surface area (Å²) in [5.74, 6) is 4.81. The maximum Gasteiger partial charge on any atom is -0.0149 e. The predicted octanol–water partition coefficient (Wildman–Crippen LogP) is 8.03. The number of allylic oxidation sites excluding steroid dienone is 1. The highest BCUT2D eigenvalue weighted by molar-refractivity contribution is 5.15. The van der Waals surface area contributed by atoms with Gasteiger partial charge in [-0.3, -0.25) is 0 Å². The van der Waals surface area contributed by atoms with Crippen molar-refractivity contribution in [3.05, 3.63) is 12.2 Å². The third-order valence-corrected chi connectivity index (χ3v) is 9.60. The molecule has 7 unspecified atom stereocenters. The van der Waals surface area contributed by atoms with Crippen LogP contribution in [0.2, 0.25) is 0 Å². The average Bonchev–Trinajstić information content (AvgIpc) is 3.00. The van der Waals surface area contributed by atoms with E-state index in [-0.39, 0.29) is 0 Å². The number of hydrogen-bond acceptors (Lipinski definition) is 0. The van der Waals surface area contributed by atoms with Crippen molar-refractivity contribution in [1.82, 2.24) is 0 Å². The van der Waals surface area contributed by atoms with Crippen molar-refractivity contribution in [1.29, 1.82) is 0 Å². The summed E-state index contributed by atoms with van der Waals surface area (Å²) >= 11 is 0. The van der Waals surface area contributed by atoms with Gasteiger partial charge in [-0.25, -0.2) is 0 Å². The normalized spacial score (nSPS) is 46.5. The van der Waals surface area contributed by atoms with E-state index in [0.29, 0.717) is 10.8 Å². The summed E-state index contributed by atoms with van der Waals surface area (Å²) in [6, 6.07) is 0. The molecule has 144 valence electrons. The number of fused-ring (bicyclic) bond motifs is 3. The van der Waals surface area contributed by atoms with Gasteiger partial charge in [0.05, 0.1) is 0 Å². The van der Waals surface area contributed by atoms with E-state index in [4.69, 9.17) is 0 Å². The quantitative estimate of drug-likeness (QED) is 0.428. The lowest BCUT2D eigenvalue weighted by atomic mass is 9.45. The monoisotopic (exact) mass is 344 g/mol. The molecule has 0 spiro atoms. The van der Waals surface area contributed by atoms with Crippen molar-refractivity contribution >= 4 is 0 Å². The molecule has 25 heavy (non-hydrogen) atoms. The standard InChI is InChI=1S/C25H44/c1-7-10-16-24(6)19(8-2)11-12-20-22(24)15-17-25(9-3)21(18(4)5)13-14-23(20)25/h19-23H,4,7-17H2,1-3,5-6H3. The topological polar surface area (TPSA) is 0 Å². The first-order valence-corrected chi connectivity index (χ1v) is 11.6. The molecule has 3 rings (SSSR count). The van der Waals surface area contributed by atoms with Gasteiger partial charge in [0, 0.05) is 0 Å². The van der Waals surface area contributed by atoms with E-state index in [1.807, 2.05) is 0 Å². The Kier molecular flexibility index (Phi) is 5.77. The van der Waals surface area contributed by atoms with E-state index >= 15 is 0 Å². The minimum atomic E-state index is 0.609. The molecule has 0 radical (unpaired) electrons. The van der Waals surface area contributed by atoms with Gasteiger partial charge in [0.15, 0.2) is 0 Å². The molecule has 3 saturated carbocycles. The second-order valence-corrected chi connectivity index (χ2v) is 10.3. The Morgan fingerprint density at radius 1 is 1.00 bits per heavy atom. The molecule has 0 heteroatoms. The van der Waals surface area contributed by atoms with Crippen LogP contribution < -0.4 is 0 Å². The van der Waals surface area contributed by atoms with E-state index < -0.39 is 0 Å². The summed E-state index contributed by atoms with van der Waals surface area (Å²) < 4.78 is 0. The third-order valence-electron chi connectivity index (χ3n) is 9.60. The average molecular weight is 345 g/mol. The van der Waals surface area contributed by atoms with Crippen molar-refractivity contribution in [3.8, 4) is 0 Å². The molecule has 0 saturated heterocycles. The Morgan fingerprint density at radius 3 is 2.36 bits per heavy atom. The van der Waals surface area contributed by atoms with Gasteiger partial charge in [0.25, 0.3) is 0 Å². The maximum absolute atomic E-state index is 4.42. The lowest BCUT2D eigenvalue weighted by Gasteiger charge is -2.60. The first-order valence-electron chi connectivity index (χ1n) is 11.6. The number of unbranched alkanes of at least 4 members (excludes halogenated alkanes) is 1. The summed E-state index contributed by atoms with van der Waals surface area (Å²) in [4.78, 5) is 0. The van der Waals surface area contributed by atoms with Crippen molar-refractivity contribution in [2.45, 2.75) is 105 Å². The van der Waals surface area contributed by atoms with Crippen molar-refractivity contribution < 1.29 is 0 Å². The molecule has 0 aromatic heterocycles. The Balaban J connectivity index is 1.90. The Labute approximate surface area is 158 Å². The van der Waals surface area contributed by atoms with Crippen LogP contribution in [0.1, 0.15) is 105 Å². The Hall–Kier alpha value is -0.260. The fraction of sp³-hybridized carbons (Fsp3) is 0.920. The van der Waals surface area contributed by atoms with Crippen LogP contribution in [0.4, 0.5) is 0 Å². The lowest BCUT2D eigenvalue weighted by molar-refractivity contribution is -0.104. The van der Waals surface area contributed by atoms with E-state index in [2.05, 4.69) is 41.2 Å². The van der Waals surface area contributed by atoms with E-state index in [1.54, 1.807) is 0 Å². The van der Waals surface area contributed by atoms with Gasteiger partial charge >= 0.3 is 0 Å². The first-order chi connectivity index (χ1) is 11.9. The van der Waals surface area contributed by atoms with Crippen LogP contribution in [0.15, 0.2) is 12.2 Å². The molecule has 0 nitrogen and oxygen atoms in total. The fourth-order valence-electron chi connectivity index (χ4n) is 8.39. The molecule has 0 amide bonds. The molecule has 0 aromatic rings. The third kappa shape index (κ3) is 2.94. The molecule has 0 aromatic carbocycles. The molecule has 3 aliphatic rings. The van der Waals surface area contributed by atoms with Gasteiger partial charge in [-0.15, -0.1) is 0 Å². The van der Waals surface area contributed by atoms with Gasteiger partial charge in [-0.2, -0.15) is 0 Å². The minimum absolute atomic E-state index is 0.609. The molecule has 0 aliphatic heterocycles. The number of rotatable bonds is 6. The van der Waals surface area contributed by atoms with Crippen LogP contribution in [0, 0.1) is 40.4 Å². The first kappa shape index (κ1) is 19.5. The van der Waals surface area contributed by atoms with Crippen LogP contribution in [0.25, 0.3) is 0 Å². The van der Waals surface area contributed by atoms with Crippen molar-refractivity contribution in [2.24, 2.45) is 40.4 Å². The van der Waals surface area contributed by atoms with Gasteiger partial charge in [0.2, 0.25) is 0 Å². The predicted molar refractivity (Wildman–Crippen MR) is 111 cm³/mol. The fourth-order valence-corrected chi connectivity index (χ4v) is 8.39. The van der Waals surface area contributed by atoms with Crippen LogP contribution >= 0.6 is 0 Å². The SMILES string of the molecule is C=C(C)C1CCC2C3CCC(CC)C(C)(CCCC)C3CCC12CC. The van der Waals surface area contributed by atoms with Crippen molar-refractivity contribution in [2.75, 3.05) is 0 Å². The molecule has 3 fully saturated rings. The summed E-state index contributed by atoms with van der Waals surface area (Å²) in [7, 11) is 0. The lowest BCUT2D eigenvalue weighted by Crippen LogP contribution is -2.52. The minimum Gasteiger partial charge on any atom is -0.0998 e. The summed E-state index contributed by atoms with van der Waals surface area (Å²) in [5, 5.41) is 0. The van der Waals surface area contributed by atoms with E-state index in [1.165, 1.54) is 76.2 Å². The number of hydrogen-bond donors (Lipinski definition) is 0. The van der Waals surface area contributed by atoms with Gasteiger partial charge in [0.1, 0.15) is 0 Å². The molecular weight excluding hydrogens is 300 g/mol. The zero-order valence-corrected chi connectivity index (χ0v) is 17.9. The van der Waals surface area contributed by atoms with E-state index in [9.17, 15) is 0 Å². The highest BCUT2D eigenvalue weighted by atomic mass is 14.6. The molecule has 7 atom stereocenters. The molecule has 0 N–H and O–H groups in total. The summed E-state index contributed by atoms with van der Waals surface area (Å²) in [5.41, 5.74) is 2.71. The molecular formula is C25H44. The molecule has 3 aliphatic carbocycles. The Morgan fingerprint density at radius 2 is 1.76 bits per heavy atom. The highest BCUT2D eigenvalue weighted by Gasteiger charge is 2.59. The van der Waals surface area contributed by atoms with Gasteiger partial charge < -0.3 is 0 Å². The zero-order chi connectivity index (χ0) is 18.2. The second kappa shape index (κ2) is 7.40. The second-order valence-electron chi connectivity index (χ2n) is 10.3. The maximum atomic E-state index is 4.42.